The molecule has 1 heterocycles. The van der Waals surface area contributed by atoms with E-state index in [2.05, 4.69) is 29.1 Å². The molecule has 1 unspecified atom stereocenters. The summed E-state index contributed by atoms with van der Waals surface area (Å²) < 4.78 is 7.14. The molecule has 120 valence electrons. The SMILES string of the molecule is CCNC(CSC1CCCC1)c1c(Cl)cnn1CCOC. The smallest absolute Gasteiger partial charge is 0.0834 e. The van der Waals surface area contributed by atoms with Gasteiger partial charge in [0.25, 0.3) is 0 Å². The minimum atomic E-state index is 0.257. The van der Waals surface area contributed by atoms with E-state index in [1.54, 1.807) is 13.3 Å². The lowest BCUT2D eigenvalue weighted by Crippen LogP contribution is -2.27. The van der Waals surface area contributed by atoms with Crippen molar-refractivity contribution in [2.75, 3.05) is 26.0 Å². The summed E-state index contributed by atoms with van der Waals surface area (Å²) in [6, 6.07) is 0.257. The van der Waals surface area contributed by atoms with Crippen molar-refractivity contribution in [2.45, 2.75) is 50.4 Å². The first kappa shape index (κ1) is 17.1. The number of halogens is 1. The minimum Gasteiger partial charge on any atom is -0.383 e. The Bertz CT molecular complexity index is 421. The van der Waals surface area contributed by atoms with Crippen molar-refractivity contribution in [1.29, 1.82) is 0 Å². The van der Waals surface area contributed by atoms with E-state index in [9.17, 15) is 0 Å². The van der Waals surface area contributed by atoms with Crippen LogP contribution < -0.4 is 5.32 Å². The molecule has 1 atom stereocenters. The highest BCUT2D eigenvalue weighted by molar-refractivity contribution is 7.99. The third kappa shape index (κ3) is 4.88. The Labute approximate surface area is 137 Å². The summed E-state index contributed by atoms with van der Waals surface area (Å²) in [5, 5.41) is 9.52. The Hall–Kier alpha value is -0.230. The highest BCUT2D eigenvalue weighted by Gasteiger charge is 2.23. The van der Waals surface area contributed by atoms with E-state index in [0.717, 1.165) is 34.8 Å². The molecule has 1 saturated carbocycles. The van der Waals surface area contributed by atoms with Gasteiger partial charge in [-0.25, -0.2) is 0 Å². The molecular weight excluding hydrogens is 306 g/mol. The maximum atomic E-state index is 6.38. The zero-order chi connectivity index (χ0) is 15.1. The molecule has 0 spiro atoms. The molecule has 1 aliphatic rings. The monoisotopic (exact) mass is 331 g/mol. The molecule has 0 saturated heterocycles. The van der Waals surface area contributed by atoms with Gasteiger partial charge in [0.05, 0.1) is 36.1 Å². The summed E-state index contributed by atoms with van der Waals surface area (Å²) in [5.74, 6) is 1.05. The summed E-state index contributed by atoms with van der Waals surface area (Å²) in [4.78, 5) is 0. The van der Waals surface area contributed by atoms with E-state index in [1.807, 2.05) is 4.68 Å². The van der Waals surface area contributed by atoms with Crippen molar-refractivity contribution in [1.82, 2.24) is 15.1 Å². The Morgan fingerprint density at radius 3 is 2.95 bits per heavy atom. The van der Waals surface area contributed by atoms with Gasteiger partial charge < -0.3 is 10.1 Å². The lowest BCUT2D eigenvalue weighted by Gasteiger charge is -2.21. The van der Waals surface area contributed by atoms with Gasteiger partial charge in [-0.15, -0.1) is 0 Å². The van der Waals surface area contributed by atoms with Crippen molar-refractivity contribution in [2.24, 2.45) is 0 Å². The zero-order valence-electron chi connectivity index (χ0n) is 13.0. The topological polar surface area (TPSA) is 39.1 Å². The number of aromatic nitrogens is 2. The van der Waals surface area contributed by atoms with Gasteiger partial charge in [0.1, 0.15) is 0 Å². The first-order valence-electron chi connectivity index (χ1n) is 7.81. The maximum absolute atomic E-state index is 6.38. The number of hydrogen-bond acceptors (Lipinski definition) is 4. The van der Waals surface area contributed by atoms with E-state index in [0.29, 0.717) is 6.61 Å². The second-order valence-corrected chi connectivity index (χ2v) is 7.18. The third-order valence-electron chi connectivity index (χ3n) is 3.92. The van der Waals surface area contributed by atoms with Gasteiger partial charge in [-0.1, -0.05) is 31.4 Å². The Morgan fingerprint density at radius 1 is 1.52 bits per heavy atom. The van der Waals surface area contributed by atoms with Crippen LogP contribution in [0.1, 0.15) is 44.3 Å². The zero-order valence-corrected chi connectivity index (χ0v) is 14.6. The van der Waals surface area contributed by atoms with Crippen molar-refractivity contribution in [3.8, 4) is 0 Å². The lowest BCUT2D eigenvalue weighted by atomic mass is 10.2. The fourth-order valence-electron chi connectivity index (χ4n) is 2.84. The van der Waals surface area contributed by atoms with Crippen molar-refractivity contribution in [3.05, 3.63) is 16.9 Å². The normalized spacial score (nSPS) is 17.5. The molecule has 1 N–H and O–H groups in total. The van der Waals surface area contributed by atoms with Gasteiger partial charge in [0.15, 0.2) is 0 Å². The molecule has 2 rings (SSSR count). The molecule has 0 aromatic carbocycles. The molecule has 1 fully saturated rings. The number of thioether (sulfide) groups is 1. The molecule has 0 amide bonds. The van der Waals surface area contributed by atoms with E-state index >= 15 is 0 Å². The van der Waals surface area contributed by atoms with Crippen LogP contribution in [-0.4, -0.2) is 41.0 Å². The number of nitrogens with zero attached hydrogens (tertiary/aromatic N) is 2. The molecule has 1 aromatic rings. The average Bonchev–Trinajstić information content (AvgIpc) is 3.11. The van der Waals surface area contributed by atoms with E-state index < -0.39 is 0 Å². The molecule has 4 nitrogen and oxygen atoms in total. The quantitative estimate of drug-likeness (QED) is 0.751. The van der Waals surface area contributed by atoms with Crippen LogP contribution in [0.25, 0.3) is 0 Å². The third-order valence-corrected chi connectivity index (χ3v) is 5.68. The van der Waals surface area contributed by atoms with Gasteiger partial charge in [-0.3, -0.25) is 4.68 Å². The van der Waals surface area contributed by atoms with Crippen LogP contribution in [0.2, 0.25) is 5.02 Å². The molecule has 6 heteroatoms. The number of ether oxygens (including phenoxy) is 1. The Morgan fingerprint density at radius 2 is 2.29 bits per heavy atom. The second kappa shape index (κ2) is 9.03. The van der Waals surface area contributed by atoms with Gasteiger partial charge in [0.2, 0.25) is 0 Å². The van der Waals surface area contributed by atoms with Gasteiger partial charge in [-0.2, -0.15) is 16.9 Å². The van der Waals surface area contributed by atoms with Crippen LogP contribution in [0.15, 0.2) is 6.20 Å². The fourth-order valence-corrected chi connectivity index (χ4v) is 4.52. The predicted molar refractivity (Wildman–Crippen MR) is 90.2 cm³/mol. The molecular formula is C15H26ClN3OS. The van der Waals surface area contributed by atoms with Crippen LogP contribution >= 0.6 is 23.4 Å². The molecule has 0 bridgehead atoms. The first-order valence-corrected chi connectivity index (χ1v) is 9.24. The number of nitrogens with one attached hydrogen (secondary N) is 1. The van der Waals surface area contributed by atoms with Gasteiger partial charge in [-0.05, 0) is 19.4 Å². The molecule has 0 radical (unpaired) electrons. The summed E-state index contributed by atoms with van der Waals surface area (Å²) in [6.07, 6.45) is 7.24. The molecule has 21 heavy (non-hydrogen) atoms. The second-order valence-electron chi connectivity index (χ2n) is 5.44. The number of rotatable bonds is 9. The van der Waals surface area contributed by atoms with Crippen molar-refractivity contribution >= 4 is 23.4 Å². The lowest BCUT2D eigenvalue weighted by molar-refractivity contribution is 0.182. The molecule has 0 aliphatic heterocycles. The summed E-state index contributed by atoms with van der Waals surface area (Å²) in [6.45, 7) is 4.47. The van der Waals surface area contributed by atoms with Crippen LogP contribution in [-0.2, 0) is 11.3 Å². The maximum Gasteiger partial charge on any atom is 0.0834 e. The largest absolute Gasteiger partial charge is 0.383 e. The van der Waals surface area contributed by atoms with E-state index in [4.69, 9.17) is 16.3 Å². The summed E-state index contributed by atoms with van der Waals surface area (Å²) in [7, 11) is 1.71. The van der Waals surface area contributed by atoms with E-state index in [-0.39, 0.29) is 6.04 Å². The van der Waals surface area contributed by atoms with Crippen LogP contribution in [0.3, 0.4) is 0 Å². The van der Waals surface area contributed by atoms with Crippen LogP contribution in [0, 0.1) is 0 Å². The highest BCUT2D eigenvalue weighted by atomic mass is 35.5. The number of methoxy groups -OCH3 is 1. The Kier molecular flexibility index (Phi) is 7.37. The molecule has 1 aromatic heterocycles. The number of hydrogen-bond donors (Lipinski definition) is 1. The van der Waals surface area contributed by atoms with Crippen molar-refractivity contribution < 1.29 is 4.74 Å². The fraction of sp³-hybridized carbons (Fsp3) is 0.800. The highest BCUT2D eigenvalue weighted by Crippen LogP contribution is 2.33. The summed E-state index contributed by atoms with van der Waals surface area (Å²) in [5.41, 5.74) is 1.10. The standard InChI is InChI=1S/C15H26ClN3OS/c1-3-17-14(11-21-12-6-4-5-7-12)15-13(16)10-18-19(15)8-9-20-2/h10,12,14,17H,3-9,11H2,1-2H3. The van der Waals surface area contributed by atoms with Crippen molar-refractivity contribution in [3.63, 3.8) is 0 Å². The summed E-state index contributed by atoms with van der Waals surface area (Å²) >= 11 is 8.45. The van der Waals surface area contributed by atoms with Gasteiger partial charge in [0, 0.05) is 18.1 Å². The average molecular weight is 332 g/mol. The predicted octanol–water partition coefficient (Wildman–Crippen LogP) is 3.51. The van der Waals surface area contributed by atoms with Gasteiger partial charge >= 0.3 is 0 Å². The molecule has 1 aliphatic carbocycles. The Balaban J connectivity index is 2.03. The first-order chi connectivity index (χ1) is 10.3. The minimum absolute atomic E-state index is 0.257. The van der Waals surface area contributed by atoms with Crippen LogP contribution in [0.4, 0.5) is 0 Å². The van der Waals surface area contributed by atoms with Crippen LogP contribution in [0.5, 0.6) is 0 Å². The van der Waals surface area contributed by atoms with E-state index in [1.165, 1.54) is 25.7 Å².